The first-order valence-corrected chi connectivity index (χ1v) is 5.46. The number of carbonyl (C=O) groups excluding carboxylic acids is 2. The second-order valence-corrected chi connectivity index (χ2v) is 4.27. The average molecular weight is 270 g/mol. The van der Waals surface area contributed by atoms with Gasteiger partial charge in [-0.05, 0) is 18.2 Å². The van der Waals surface area contributed by atoms with Crippen LogP contribution in [0.2, 0.25) is 0 Å². The van der Waals surface area contributed by atoms with Crippen LogP contribution in [0.3, 0.4) is 0 Å². The Labute approximate surface area is 112 Å². The average Bonchev–Trinajstić information content (AvgIpc) is 2.58. The summed E-state index contributed by atoms with van der Waals surface area (Å²) in [4.78, 5) is 24.8. The molecule has 2 amide bonds. The molecule has 98 valence electrons. The van der Waals surface area contributed by atoms with Gasteiger partial charge in [0.15, 0.2) is 0 Å². The van der Waals surface area contributed by atoms with E-state index in [1.54, 1.807) is 36.2 Å². The van der Waals surface area contributed by atoms with Crippen molar-refractivity contribution in [2.24, 2.45) is 0 Å². The molecule has 0 saturated carbocycles. The predicted molar refractivity (Wildman–Crippen MR) is 71.6 cm³/mol. The predicted octanol–water partition coefficient (Wildman–Crippen LogP) is 0.651. The van der Waals surface area contributed by atoms with Gasteiger partial charge in [0.25, 0.3) is 5.91 Å². The van der Waals surface area contributed by atoms with Gasteiger partial charge in [-0.1, -0.05) is 6.07 Å². The summed E-state index contributed by atoms with van der Waals surface area (Å²) in [7, 11) is 1.73. The van der Waals surface area contributed by atoms with Crippen LogP contribution >= 0.6 is 12.4 Å². The highest BCUT2D eigenvalue weighted by Gasteiger charge is 2.27. The number of likely N-dealkylation sites (tertiary alicyclic amines) is 1. The third-order valence-electron chi connectivity index (χ3n) is 2.83. The molecule has 0 spiro atoms. The molecule has 3 N–H and O–H groups in total. The van der Waals surface area contributed by atoms with Crippen LogP contribution in [0.25, 0.3) is 0 Å². The van der Waals surface area contributed by atoms with Crippen LogP contribution in [0.4, 0.5) is 5.69 Å². The van der Waals surface area contributed by atoms with Gasteiger partial charge >= 0.3 is 0 Å². The molecule has 1 aromatic carbocycles. The van der Waals surface area contributed by atoms with E-state index >= 15 is 0 Å². The molecule has 0 radical (unpaired) electrons. The van der Waals surface area contributed by atoms with Gasteiger partial charge < -0.3 is 16.0 Å². The highest BCUT2D eigenvalue weighted by molar-refractivity contribution is 5.95. The van der Waals surface area contributed by atoms with Gasteiger partial charge in [0, 0.05) is 31.3 Å². The zero-order chi connectivity index (χ0) is 12.4. The van der Waals surface area contributed by atoms with E-state index in [1.807, 2.05) is 0 Å². The van der Waals surface area contributed by atoms with E-state index in [-0.39, 0.29) is 30.3 Å². The highest BCUT2D eigenvalue weighted by Crippen LogP contribution is 2.11. The summed E-state index contributed by atoms with van der Waals surface area (Å²) < 4.78 is 0. The van der Waals surface area contributed by atoms with Crippen molar-refractivity contribution in [2.45, 2.75) is 12.5 Å². The van der Waals surface area contributed by atoms with Gasteiger partial charge in [0.1, 0.15) is 0 Å². The minimum Gasteiger partial charge on any atom is -0.399 e. The Morgan fingerprint density at radius 2 is 2.22 bits per heavy atom. The summed E-state index contributed by atoms with van der Waals surface area (Å²) in [6, 6.07) is 6.67. The number of hydrogen-bond acceptors (Lipinski definition) is 3. The number of nitrogens with two attached hydrogens (primary N) is 1. The van der Waals surface area contributed by atoms with E-state index in [4.69, 9.17) is 5.73 Å². The smallest absolute Gasteiger partial charge is 0.251 e. The maximum absolute atomic E-state index is 11.9. The number of benzene rings is 1. The van der Waals surface area contributed by atoms with Gasteiger partial charge in [-0.15, -0.1) is 12.4 Å². The maximum Gasteiger partial charge on any atom is 0.251 e. The molecule has 6 heteroatoms. The van der Waals surface area contributed by atoms with Gasteiger partial charge in [-0.3, -0.25) is 9.59 Å². The molecule has 1 heterocycles. The van der Waals surface area contributed by atoms with Crippen molar-refractivity contribution in [3.8, 4) is 0 Å². The first-order valence-electron chi connectivity index (χ1n) is 5.46. The van der Waals surface area contributed by atoms with Crippen molar-refractivity contribution in [1.29, 1.82) is 0 Å². The van der Waals surface area contributed by atoms with E-state index in [0.29, 0.717) is 24.2 Å². The third kappa shape index (κ3) is 3.13. The molecule has 1 unspecified atom stereocenters. The standard InChI is InChI=1S/C12H15N3O2.ClH/c1-15-7-10(6-11(15)16)14-12(17)8-3-2-4-9(13)5-8;/h2-5,10H,6-7,13H2,1H3,(H,14,17);1H. The van der Waals surface area contributed by atoms with Crippen LogP contribution < -0.4 is 11.1 Å². The molecule has 1 aliphatic heterocycles. The number of amides is 2. The lowest BCUT2D eigenvalue weighted by Gasteiger charge is -2.12. The Kier molecular flexibility index (Phi) is 4.55. The Balaban J connectivity index is 0.00000162. The van der Waals surface area contributed by atoms with Crippen LogP contribution in [0.1, 0.15) is 16.8 Å². The minimum absolute atomic E-state index is 0. The molecule has 18 heavy (non-hydrogen) atoms. The Morgan fingerprint density at radius 3 is 2.78 bits per heavy atom. The normalized spacial score (nSPS) is 18.4. The summed E-state index contributed by atoms with van der Waals surface area (Å²) in [5, 5.41) is 2.83. The second kappa shape index (κ2) is 5.73. The Hall–Kier alpha value is -1.75. The lowest BCUT2D eigenvalue weighted by Crippen LogP contribution is -2.36. The van der Waals surface area contributed by atoms with E-state index in [2.05, 4.69) is 5.32 Å². The van der Waals surface area contributed by atoms with Gasteiger partial charge in [0.2, 0.25) is 5.91 Å². The first kappa shape index (κ1) is 14.3. The number of carbonyl (C=O) groups is 2. The van der Waals surface area contributed by atoms with Crippen molar-refractivity contribution in [2.75, 3.05) is 19.3 Å². The number of hydrogen-bond donors (Lipinski definition) is 2. The first-order chi connectivity index (χ1) is 8.06. The molecule has 0 bridgehead atoms. The lowest BCUT2D eigenvalue weighted by molar-refractivity contribution is -0.126. The summed E-state index contributed by atoms with van der Waals surface area (Å²) in [5.74, 6) is -0.131. The number of nitrogens with zero attached hydrogens (tertiary/aromatic N) is 1. The number of nitrogens with one attached hydrogen (secondary N) is 1. The molecule has 0 aromatic heterocycles. The van der Waals surface area contributed by atoms with Gasteiger partial charge in [0.05, 0.1) is 6.04 Å². The minimum atomic E-state index is -0.189. The van der Waals surface area contributed by atoms with Crippen molar-refractivity contribution >= 4 is 29.9 Å². The van der Waals surface area contributed by atoms with Crippen LogP contribution in [-0.2, 0) is 4.79 Å². The van der Waals surface area contributed by atoms with Gasteiger partial charge in [-0.25, -0.2) is 0 Å². The van der Waals surface area contributed by atoms with Crippen LogP contribution in [0.15, 0.2) is 24.3 Å². The van der Waals surface area contributed by atoms with Crippen LogP contribution in [-0.4, -0.2) is 36.3 Å². The number of likely N-dealkylation sites (N-methyl/N-ethyl adjacent to an activating group) is 1. The van der Waals surface area contributed by atoms with E-state index in [0.717, 1.165) is 0 Å². The van der Waals surface area contributed by atoms with Crippen molar-refractivity contribution in [1.82, 2.24) is 10.2 Å². The fourth-order valence-electron chi connectivity index (χ4n) is 1.91. The third-order valence-corrected chi connectivity index (χ3v) is 2.83. The zero-order valence-corrected chi connectivity index (χ0v) is 10.9. The second-order valence-electron chi connectivity index (χ2n) is 4.27. The lowest BCUT2D eigenvalue weighted by atomic mass is 10.1. The fraction of sp³-hybridized carbons (Fsp3) is 0.333. The molecule has 1 saturated heterocycles. The summed E-state index contributed by atoms with van der Waals surface area (Å²) >= 11 is 0. The zero-order valence-electron chi connectivity index (χ0n) is 10.1. The monoisotopic (exact) mass is 269 g/mol. The summed E-state index contributed by atoms with van der Waals surface area (Å²) in [6.45, 7) is 0.562. The molecular weight excluding hydrogens is 254 g/mol. The fourth-order valence-corrected chi connectivity index (χ4v) is 1.91. The van der Waals surface area contributed by atoms with E-state index in [9.17, 15) is 9.59 Å². The molecule has 0 aliphatic carbocycles. The maximum atomic E-state index is 11.9. The Morgan fingerprint density at radius 1 is 1.50 bits per heavy atom. The SMILES string of the molecule is CN1CC(NC(=O)c2cccc(N)c2)CC1=O.Cl. The van der Waals surface area contributed by atoms with Crippen LogP contribution in [0.5, 0.6) is 0 Å². The summed E-state index contributed by atoms with van der Waals surface area (Å²) in [6.07, 6.45) is 0.366. The van der Waals surface area contributed by atoms with Crippen LogP contribution in [0, 0.1) is 0 Å². The molecular formula is C12H16ClN3O2. The molecule has 5 nitrogen and oxygen atoms in total. The van der Waals surface area contributed by atoms with Crippen molar-refractivity contribution < 1.29 is 9.59 Å². The van der Waals surface area contributed by atoms with Crippen molar-refractivity contribution in [3.05, 3.63) is 29.8 Å². The van der Waals surface area contributed by atoms with Gasteiger partial charge in [-0.2, -0.15) is 0 Å². The Bertz CT molecular complexity index is 464. The molecule has 1 atom stereocenters. The number of anilines is 1. The van der Waals surface area contributed by atoms with E-state index in [1.165, 1.54) is 0 Å². The quantitative estimate of drug-likeness (QED) is 0.774. The highest BCUT2D eigenvalue weighted by atomic mass is 35.5. The summed E-state index contributed by atoms with van der Waals surface area (Å²) in [5.41, 5.74) is 6.68. The largest absolute Gasteiger partial charge is 0.399 e. The molecule has 1 aromatic rings. The van der Waals surface area contributed by atoms with Crippen molar-refractivity contribution in [3.63, 3.8) is 0 Å². The topological polar surface area (TPSA) is 75.4 Å². The molecule has 1 fully saturated rings. The number of halogens is 1. The number of rotatable bonds is 2. The molecule has 1 aliphatic rings. The van der Waals surface area contributed by atoms with E-state index < -0.39 is 0 Å². The number of nitrogen functional groups attached to an aromatic ring is 1. The molecule has 2 rings (SSSR count).